The summed E-state index contributed by atoms with van der Waals surface area (Å²) in [5.74, 6) is 0.0369. The van der Waals surface area contributed by atoms with Crippen molar-refractivity contribution in [2.24, 2.45) is 5.92 Å². The summed E-state index contributed by atoms with van der Waals surface area (Å²) in [6, 6.07) is 0. The minimum Gasteiger partial charge on any atom is -0.480 e. The zero-order valence-electron chi connectivity index (χ0n) is 11.5. The van der Waals surface area contributed by atoms with E-state index in [1.54, 1.807) is 0 Å². The number of carbonyl (C=O) groups is 1. The second kappa shape index (κ2) is 7.07. The number of nitrogens with zero attached hydrogens (tertiary/aromatic N) is 2. The van der Waals surface area contributed by atoms with Crippen molar-refractivity contribution in [3.05, 3.63) is 22.7 Å². The molecule has 1 saturated carbocycles. The minimum absolute atomic E-state index is 0.236. The molecule has 0 amide bonds. The van der Waals surface area contributed by atoms with Crippen LogP contribution in [-0.4, -0.2) is 27.2 Å². The van der Waals surface area contributed by atoms with Crippen LogP contribution < -0.4 is 10.9 Å². The number of carboxylic acid groups (broad SMARTS) is 1. The second-order valence-electron chi connectivity index (χ2n) is 5.32. The van der Waals surface area contributed by atoms with Crippen LogP contribution in [0.25, 0.3) is 0 Å². The molecule has 1 heterocycles. The highest BCUT2D eigenvalue weighted by Crippen LogP contribution is 2.28. The molecule has 1 aliphatic rings. The molecule has 0 radical (unpaired) electrons. The van der Waals surface area contributed by atoms with Crippen LogP contribution in [0.15, 0.2) is 17.2 Å². The number of hydrogen-bond donors (Lipinski definition) is 2. The number of carboxylic acids is 1. The average molecular weight is 279 g/mol. The largest absolute Gasteiger partial charge is 0.480 e. The van der Waals surface area contributed by atoms with Gasteiger partial charge < -0.3 is 10.4 Å². The van der Waals surface area contributed by atoms with Gasteiger partial charge in [0.1, 0.15) is 6.54 Å². The normalized spacial score (nSPS) is 15.4. The molecule has 0 bridgehead atoms. The van der Waals surface area contributed by atoms with E-state index in [9.17, 15) is 9.59 Å². The molecular weight excluding hydrogens is 258 g/mol. The first-order chi connectivity index (χ1) is 9.66. The van der Waals surface area contributed by atoms with Gasteiger partial charge in [0.05, 0.1) is 0 Å². The lowest BCUT2D eigenvalue weighted by molar-refractivity contribution is -0.137. The number of aliphatic carboxylic acids is 1. The Hall–Kier alpha value is -1.85. The van der Waals surface area contributed by atoms with Gasteiger partial charge in [0.15, 0.2) is 5.82 Å². The fourth-order valence-electron chi connectivity index (χ4n) is 2.74. The average Bonchev–Trinajstić information content (AvgIpc) is 2.91. The van der Waals surface area contributed by atoms with Crippen molar-refractivity contribution in [1.29, 1.82) is 0 Å². The highest BCUT2D eigenvalue weighted by Gasteiger charge is 2.14. The maximum absolute atomic E-state index is 11.9. The zero-order chi connectivity index (χ0) is 14.4. The van der Waals surface area contributed by atoms with Crippen molar-refractivity contribution in [1.82, 2.24) is 9.55 Å². The number of hydrogen-bond acceptors (Lipinski definition) is 4. The summed E-state index contributed by atoms with van der Waals surface area (Å²) in [6.07, 6.45) is 10.4. The van der Waals surface area contributed by atoms with Crippen LogP contribution in [-0.2, 0) is 11.3 Å². The third-order valence-corrected chi connectivity index (χ3v) is 3.78. The highest BCUT2D eigenvalue weighted by molar-refractivity contribution is 5.66. The molecule has 2 rings (SSSR count). The highest BCUT2D eigenvalue weighted by atomic mass is 16.4. The van der Waals surface area contributed by atoms with Gasteiger partial charge in [0.2, 0.25) is 0 Å². The molecule has 1 aliphatic carbocycles. The molecule has 0 spiro atoms. The Bertz CT molecular complexity index is 507. The zero-order valence-corrected chi connectivity index (χ0v) is 11.5. The van der Waals surface area contributed by atoms with Gasteiger partial charge in [-0.3, -0.25) is 14.2 Å². The van der Waals surface area contributed by atoms with E-state index in [1.165, 1.54) is 44.5 Å². The monoisotopic (exact) mass is 279 g/mol. The Kier molecular flexibility index (Phi) is 5.15. The van der Waals surface area contributed by atoms with Crippen LogP contribution >= 0.6 is 0 Å². The van der Waals surface area contributed by atoms with Crippen LogP contribution in [0.5, 0.6) is 0 Å². The molecule has 6 nitrogen and oxygen atoms in total. The van der Waals surface area contributed by atoms with Gasteiger partial charge in [0.25, 0.3) is 5.56 Å². The van der Waals surface area contributed by atoms with Gasteiger partial charge in [-0.15, -0.1) is 0 Å². The van der Waals surface area contributed by atoms with E-state index in [-0.39, 0.29) is 17.9 Å². The molecule has 1 aromatic heterocycles. The first kappa shape index (κ1) is 14.6. The smallest absolute Gasteiger partial charge is 0.323 e. The molecule has 20 heavy (non-hydrogen) atoms. The maximum Gasteiger partial charge on any atom is 0.323 e. The van der Waals surface area contributed by atoms with E-state index in [2.05, 4.69) is 10.3 Å². The van der Waals surface area contributed by atoms with Gasteiger partial charge in [-0.05, 0) is 18.8 Å². The lowest BCUT2D eigenvalue weighted by atomic mass is 10.0. The van der Waals surface area contributed by atoms with Gasteiger partial charge in [-0.1, -0.05) is 25.7 Å². The van der Waals surface area contributed by atoms with Crippen molar-refractivity contribution in [3.8, 4) is 0 Å². The molecule has 2 N–H and O–H groups in total. The fraction of sp³-hybridized carbons (Fsp3) is 0.643. The molecule has 110 valence electrons. The molecular formula is C14H21N3O3. The summed E-state index contributed by atoms with van der Waals surface area (Å²) < 4.78 is 1.15. The molecule has 6 heteroatoms. The maximum atomic E-state index is 11.9. The van der Waals surface area contributed by atoms with Gasteiger partial charge in [0, 0.05) is 18.9 Å². The van der Waals surface area contributed by atoms with Gasteiger partial charge in [-0.2, -0.15) is 0 Å². The van der Waals surface area contributed by atoms with Crippen LogP contribution in [0.1, 0.15) is 38.5 Å². The summed E-state index contributed by atoms with van der Waals surface area (Å²) in [6.45, 7) is 0.369. The van der Waals surface area contributed by atoms with Crippen LogP contribution in [0.2, 0.25) is 0 Å². The van der Waals surface area contributed by atoms with E-state index in [0.717, 1.165) is 16.9 Å². The van der Waals surface area contributed by atoms with Gasteiger partial charge in [-0.25, -0.2) is 4.98 Å². The molecule has 1 aromatic rings. The van der Waals surface area contributed by atoms with E-state index in [0.29, 0.717) is 6.54 Å². The molecule has 0 aromatic carbocycles. The van der Waals surface area contributed by atoms with E-state index in [1.807, 2.05) is 0 Å². The molecule has 0 saturated heterocycles. The van der Waals surface area contributed by atoms with Crippen LogP contribution in [0.3, 0.4) is 0 Å². The lowest BCUT2D eigenvalue weighted by Crippen LogP contribution is -2.27. The van der Waals surface area contributed by atoms with Crippen molar-refractivity contribution in [3.63, 3.8) is 0 Å². The Balaban J connectivity index is 1.82. The van der Waals surface area contributed by atoms with Crippen molar-refractivity contribution in [2.45, 2.75) is 45.1 Å². The predicted molar refractivity (Wildman–Crippen MR) is 75.8 cm³/mol. The van der Waals surface area contributed by atoms with E-state index < -0.39 is 5.97 Å². The number of aromatic nitrogens is 2. The van der Waals surface area contributed by atoms with Crippen LogP contribution in [0.4, 0.5) is 5.82 Å². The Morgan fingerprint density at radius 3 is 2.90 bits per heavy atom. The van der Waals surface area contributed by atoms with E-state index in [4.69, 9.17) is 5.11 Å². The number of nitrogens with one attached hydrogen (secondary N) is 1. The van der Waals surface area contributed by atoms with Crippen molar-refractivity contribution < 1.29 is 9.90 Å². The van der Waals surface area contributed by atoms with Crippen molar-refractivity contribution in [2.75, 3.05) is 11.9 Å². The lowest BCUT2D eigenvalue weighted by Gasteiger charge is -2.10. The summed E-state index contributed by atoms with van der Waals surface area (Å²) in [7, 11) is 0. The first-order valence-electron chi connectivity index (χ1n) is 7.18. The standard InChI is InChI=1S/C14H21N3O3/c18-12(19)10-17-9-8-16-13(14(17)20)15-7-3-6-11-4-1-2-5-11/h8-9,11H,1-7,10H2,(H,15,16)(H,18,19). The summed E-state index contributed by atoms with van der Waals surface area (Å²) in [5, 5.41) is 11.7. The number of rotatable bonds is 7. The Labute approximate surface area is 117 Å². The summed E-state index contributed by atoms with van der Waals surface area (Å²) in [5.41, 5.74) is -0.379. The first-order valence-corrected chi connectivity index (χ1v) is 7.18. The molecule has 1 fully saturated rings. The Morgan fingerprint density at radius 1 is 1.45 bits per heavy atom. The molecule has 0 aliphatic heterocycles. The van der Waals surface area contributed by atoms with E-state index >= 15 is 0 Å². The Morgan fingerprint density at radius 2 is 2.20 bits per heavy atom. The van der Waals surface area contributed by atoms with Crippen molar-refractivity contribution >= 4 is 11.8 Å². The summed E-state index contributed by atoms with van der Waals surface area (Å²) >= 11 is 0. The summed E-state index contributed by atoms with van der Waals surface area (Å²) in [4.78, 5) is 26.5. The SMILES string of the molecule is O=C(O)Cn1ccnc(NCCCC2CCCC2)c1=O. The third kappa shape index (κ3) is 4.08. The second-order valence-corrected chi connectivity index (χ2v) is 5.32. The van der Waals surface area contributed by atoms with Crippen LogP contribution in [0, 0.1) is 5.92 Å². The van der Waals surface area contributed by atoms with Gasteiger partial charge >= 0.3 is 5.97 Å². The predicted octanol–water partition coefficient (Wildman–Crippen LogP) is 1.71. The quantitative estimate of drug-likeness (QED) is 0.742. The third-order valence-electron chi connectivity index (χ3n) is 3.78. The molecule has 0 unspecified atom stereocenters. The number of anilines is 1. The fourth-order valence-corrected chi connectivity index (χ4v) is 2.74. The molecule has 0 atom stereocenters. The minimum atomic E-state index is -1.04. The topological polar surface area (TPSA) is 84.2 Å².